The van der Waals surface area contributed by atoms with E-state index in [2.05, 4.69) is 41.5 Å². The number of hydrogen-bond acceptors (Lipinski definition) is 2. The van der Waals surface area contributed by atoms with Crippen LogP contribution in [0.4, 0.5) is 5.69 Å². The first kappa shape index (κ1) is 10.6. The summed E-state index contributed by atoms with van der Waals surface area (Å²) in [5.74, 6) is 0. The van der Waals surface area contributed by atoms with Gasteiger partial charge < -0.3 is 5.32 Å². The predicted molar refractivity (Wildman–Crippen MR) is 72.4 cm³/mol. The lowest BCUT2D eigenvalue weighted by atomic mass is 10.1. The smallest absolute Gasteiger partial charge is 0.0722 e. The first-order valence-electron chi connectivity index (χ1n) is 6.45. The number of nitrogens with one attached hydrogen (secondary N) is 1. The summed E-state index contributed by atoms with van der Waals surface area (Å²) >= 11 is 0. The fourth-order valence-corrected chi connectivity index (χ4v) is 2.68. The van der Waals surface area contributed by atoms with Crippen molar-refractivity contribution in [2.75, 3.05) is 5.32 Å². The molecule has 2 nitrogen and oxygen atoms in total. The van der Waals surface area contributed by atoms with Gasteiger partial charge in [-0.15, -0.1) is 0 Å². The lowest BCUT2D eigenvalue weighted by Crippen LogP contribution is -2.14. The van der Waals surface area contributed by atoms with Gasteiger partial charge in [-0.2, -0.15) is 0 Å². The molecule has 1 heterocycles. The molecule has 1 aromatic heterocycles. The van der Waals surface area contributed by atoms with Gasteiger partial charge in [0, 0.05) is 23.3 Å². The molecule has 0 aliphatic heterocycles. The fraction of sp³-hybridized carbons (Fsp3) is 0.400. The van der Waals surface area contributed by atoms with Gasteiger partial charge in [0.15, 0.2) is 0 Å². The molecule has 0 atom stereocenters. The number of hydrogen-bond donors (Lipinski definition) is 1. The van der Waals surface area contributed by atoms with E-state index in [0.29, 0.717) is 6.04 Å². The molecule has 1 aliphatic carbocycles. The van der Waals surface area contributed by atoms with Gasteiger partial charge in [0.1, 0.15) is 0 Å². The van der Waals surface area contributed by atoms with Crippen LogP contribution in [-0.2, 0) is 0 Å². The van der Waals surface area contributed by atoms with Gasteiger partial charge in [-0.05, 0) is 38.0 Å². The van der Waals surface area contributed by atoms with E-state index < -0.39 is 0 Å². The maximum Gasteiger partial charge on any atom is 0.0722 e. The van der Waals surface area contributed by atoms with E-state index in [0.717, 1.165) is 5.52 Å². The van der Waals surface area contributed by atoms with E-state index in [1.165, 1.54) is 42.3 Å². The Kier molecular flexibility index (Phi) is 2.71. The normalized spacial score (nSPS) is 16.5. The van der Waals surface area contributed by atoms with Gasteiger partial charge in [0.2, 0.25) is 0 Å². The van der Waals surface area contributed by atoms with Crippen LogP contribution >= 0.6 is 0 Å². The Labute approximate surface area is 102 Å². The summed E-state index contributed by atoms with van der Waals surface area (Å²) in [6, 6.07) is 9.19. The van der Waals surface area contributed by atoms with E-state index in [1.807, 2.05) is 6.20 Å². The minimum atomic E-state index is 0.654. The molecule has 0 radical (unpaired) electrons. The third-order valence-corrected chi connectivity index (χ3v) is 3.61. The molecule has 1 saturated carbocycles. The zero-order valence-electron chi connectivity index (χ0n) is 10.2. The van der Waals surface area contributed by atoms with E-state index >= 15 is 0 Å². The minimum Gasteiger partial charge on any atom is -0.382 e. The molecule has 0 saturated heterocycles. The zero-order valence-corrected chi connectivity index (χ0v) is 10.2. The SMILES string of the molecule is Cc1ccc2nccc(NC3CCCC3)c2c1. The molecule has 0 unspecified atom stereocenters. The Morgan fingerprint density at radius 1 is 1.18 bits per heavy atom. The van der Waals surface area contributed by atoms with E-state index in [-0.39, 0.29) is 0 Å². The molecule has 2 aromatic rings. The topological polar surface area (TPSA) is 24.9 Å². The molecule has 17 heavy (non-hydrogen) atoms. The third kappa shape index (κ3) is 2.12. The van der Waals surface area contributed by atoms with Crippen molar-refractivity contribution in [2.45, 2.75) is 38.6 Å². The number of benzene rings is 1. The largest absolute Gasteiger partial charge is 0.382 e. The van der Waals surface area contributed by atoms with Crippen LogP contribution in [0.2, 0.25) is 0 Å². The number of pyridine rings is 1. The molecule has 1 aromatic carbocycles. The van der Waals surface area contributed by atoms with Crippen LogP contribution in [0.25, 0.3) is 10.9 Å². The maximum absolute atomic E-state index is 4.42. The van der Waals surface area contributed by atoms with Crippen molar-refractivity contribution in [2.24, 2.45) is 0 Å². The van der Waals surface area contributed by atoms with Crippen LogP contribution in [0.5, 0.6) is 0 Å². The van der Waals surface area contributed by atoms with Crippen LogP contribution in [0.15, 0.2) is 30.5 Å². The molecular formula is C15H18N2. The van der Waals surface area contributed by atoms with Gasteiger partial charge in [0.05, 0.1) is 5.52 Å². The molecular weight excluding hydrogens is 208 g/mol. The maximum atomic E-state index is 4.42. The van der Waals surface area contributed by atoms with Crippen molar-refractivity contribution in [1.82, 2.24) is 4.98 Å². The Bertz CT molecular complexity index is 527. The van der Waals surface area contributed by atoms with Gasteiger partial charge in [0.25, 0.3) is 0 Å². The van der Waals surface area contributed by atoms with E-state index in [9.17, 15) is 0 Å². The molecule has 2 heteroatoms. The van der Waals surface area contributed by atoms with Gasteiger partial charge in [-0.1, -0.05) is 24.5 Å². The van der Waals surface area contributed by atoms with Crippen molar-refractivity contribution >= 4 is 16.6 Å². The average Bonchev–Trinajstić information content (AvgIpc) is 2.83. The highest BCUT2D eigenvalue weighted by Crippen LogP contribution is 2.27. The number of rotatable bonds is 2. The summed E-state index contributed by atoms with van der Waals surface area (Å²) in [6.07, 6.45) is 7.22. The summed E-state index contributed by atoms with van der Waals surface area (Å²) in [6.45, 7) is 2.13. The lowest BCUT2D eigenvalue weighted by molar-refractivity contribution is 0.756. The van der Waals surface area contributed by atoms with Crippen molar-refractivity contribution in [3.8, 4) is 0 Å². The van der Waals surface area contributed by atoms with Crippen LogP contribution < -0.4 is 5.32 Å². The Morgan fingerprint density at radius 2 is 2.00 bits per heavy atom. The highest BCUT2D eigenvalue weighted by Gasteiger charge is 2.15. The number of anilines is 1. The van der Waals surface area contributed by atoms with Crippen molar-refractivity contribution in [3.63, 3.8) is 0 Å². The molecule has 1 N–H and O–H groups in total. The summed E-state index contributed by atoms with van der Waals surface area (Å²) in [7, 11) is 0. The second-order valence-electron chi connectivity index (χ2n) is 5.00. The van der Waals surface area contributed by atoms with Crippen LogP contribution in [0, 0.1) is 6.92 Å². The van der Waals surface area contributed by atoms with Crippen LogP contribution in [-0.4, -0.2) is 11.0 Å². The van der Waals surface area contributed by atoms with Crippen molar-refractivity contribution in [1.29, 1.82) is 0 Å². The first-order valence-corrected chi connectivity index (χ1v) is 6.45. The quantitative estimate of drug-likeness (QED) is 0.840. The first-order chi connectivity index (χ1) is 8.33. The number of aromatic nitrogens is 1. The van der Waals surface area contributed by atoms with Crippen molar-refractivity contribution in [3.05, 3.63) is 36.0 Å². The van der Waals surface area contributed by atoms with Gasteiger partial charge in [-0.3, -0.25) is 4.98 Å². The minimum absolute atomic E-state index is 0.654. The van der Waals surface area contributed by atoms with E-state index in [4.69, 9.17) is 0 Å². The number of fused-ring (bicyclic) bond motifs is 1. The van der Waals surface area contributed by atoms with Crippen LogP contribution in [0.3, 0.4) is 0 Å². The molecule has 0 bridgehead atoms. The Balaban J connectivity index is 1.99. The standard InChI is InChI=1S/C15H18N2/c1-11-6-7-14-13(10-11)15(8-9-16-14)17-12-4-2-3-5-12/h6-10,12H,2-5H2,1H3,(H,16,17). The fourth-order valence-electron chi connectivity index (χ4n) is 2.68. The lowest BCUT2D eigenvalue weighted by Gasteiger charge is -2.15. The summed E-state index contributed by atoms with van der Waals surface area (Å²) in [4.78, 5) is 4.42. The monoisotopic (exact) mass is 226 g/mol. The highest BCUT2D eigenvalue weighted by molar-refractivity contribution is 5.91. The molecule has 0 spiro atoms. The van der Waals surface area contributed by atoms with Gasteiger partial charge in [-0.25, -0.2) is 0 Å². The predicted octanol–water partition coefficient (Wildman–Crippen LogP) is 3.90. The molecule has 3 rings (SSSR count). The average molecular weight is 226 g/mol. The second kappa shape index (κ2) is 4.36. The number of nitrogens with zero attached hydrogens (tertiary/aromatic N) is 1. The summed E-state index contributed by atoms with van der Waals surface area (Å²) in [5.41, 5.74) is 3.61. The third-order valence-electron chi connectivity index (χ3n) is 3.61. The Hall–Kier alpha value is -1.57. The summed E-state index contributed by atoms with van der Waals surface area (Å²) < 4.78 is 0. The van der Waals surface area contributed by atoms with Crippen molar-refractivity contribution < 1.29 is 0 Å². The summed E-state index contributed by atoms with van der Waals surface area (Å²) in [5, 5.41) is 4.92. The number of aryl methyl sites for hydroxylation is 1. The molecule has 1 fully saturated rings. The highest BCUT2D eigenvalue weighted by atomic mass is 14.9. The molecule has 1 aliphatic rings. The van der Waals surface area contributed by atoms with Crippen LogP contribution in [0.1, 0.15) is 31.2 Å². The molecule has 0 amide bonds. The second-order valence-corrected chi connectivity index (χ2v) is 5.00. The Morgan fingerprint density at radius 3 is 2.82 bits per heavy atom. The van der Waals surface area contributed by atoms with Gasteiger partial charge >= 0.3 is 0 Å². The zero-order chi connectivity index (χ0) is 11.7. The molecule has 88 valence electrons. The van der Waals surface area contributed by atoms with E-state index in [1.54, 1.807) is 0 Å².